The van der Waals surface area contributed by atoms with Gasteiger partial charge in [0.05, 0.1) is 0 Å². The van der Waals surface area contributed by atoms with E-state index in [2.05, 4.69) is 27.1 Å². The van der Waals surface area contributed by atoms with Gasteiger partial charge < -0.3 is 19.5 Å². The Morgan fingerprint density at radius 2 is 2.04 bits per heavy atom. The number of piperidine rings is 1. The molecule has 0 atom stereocenters. The molecule has 0 unspecified atom stereocenters. The van der Waals surface area contributed by atoms with Crippen molar-refractivity contribution in [2.24, 2.45) is 5.92 Å². The largest absolute Gasteiger partial charge is 0.423 e. The molecule has 1 aromatic heterocycles. The molecule has 0 spiro atoms. The SMILES string of the molecule is CN(CCNC(=O)C1CCN(c2nc3ccccc3o2)CC1)C1CC1. The number of nitrogens with zero attached hydrogens (tertiary/aromatic N) is 3. The van der Waals surface area contributed by atoms with Crippen LogP contribution in [0.2, 0.25) is 0 Å². The minimum Gasteiger partial charge on any atom is -0.423 e. The molecule has 1 saturated carbocycles. The number of carbonyl (C=O) groups is 1. The fourth-order valence-electron chi connectivity index (χ4n) is 3.53. The summed E-state index contributed by atoms with van der Waals surface area (Å²) in [6, 6.07) is 9.23. The molecular formula is C19H26N4O2. The first kappa shape index (κ1) is 16.4. The van der Waals surface area contributed by atoms with Gasteiger partial charge >= 0.3 is 0 Å². The van der Waals surface area contributed by atoms with Crippen LogP contribution in [-0.2, 0) is 4.79 Å². The molecule has 0 radical (unpaired) electrons. The number of amides is 1. The standard InChI is InChI=1S/C19H26N4O2/c1-22(15-6-7-15)13-10-20-18(24)14-8-11-23(12-9-14)19-21-16-4-2-3-5-17(16)25-19/h2-5,14-15H,6-13H2,1H3,(H,20,24). The number of para-hydroxylation sites is 2. The zero-order valence-electron chi connectivity index (χ0n) is 14.8. The Morgan fingerprint density at radius 3 is 2.76 bits per heavy atom. The molecule has 2 aliphatic rings. The van der Waals surface area contributed by atoms with Gasteiger partial charge in [0.1, 0.15) is 5.52 Å². The minimum atomic E-state index is 0.104. The van der Waals surface area contributed by atoms with E-state index in [1.54, 1.807) is 0 Å². The molecule has 1 saturated heterocycles. The maximum absolute atomic E-state index is 12.4. The number of rotatable bonds is 6. The zero-order valence-corrected chi connectivity index (χ0v) is 14.8. The Kier molecular flexibility index (Phi) is 4.61. The molecule has 6 nitrogen and oxygen atoms in total. The van der Waals surface area contributed by atoms with E-state index in [0.717, 1.165) is 56.2 Å². The van der Waals surface area contributed by atoms with E-state index in [9.17, 15) is 4.79 Å². The number of aromatic nitrogens is 1. The smallest absolute Gasteiger partial charge is 0.298 e. The van der Waals surface area contributed by atoms with E-state index < -0.39 is 0 Å². The maximum Gasteiger partial charge on any atom is 0.298 e. The number of fused-ring (bicyclic) bond motifs is 1. The molecule has 1 amide bonds. The van der Waals surface area contributed by atoms with Crippen molar-refractivity contribution in [1.82, 2.24) is 15.2 Å². The fraction of sp³-hybridized carbons (Fsp3) is 0.579. The highest BCUT2D eigenvalue weighted by Gasteiger charge is 2.28. The highest BCUT2D eigenvalue weighted by Crippen LogP contribution is 2.26. The topological polar surface area (TPSA) is 61.6 Å². The molecule has 1 N–H and O–H groups in total. The maximum atomic E-state index is 12.4. The summed E-state index contributed by atoms with van der Waals surface area (Å²) in [4.78, 5) is 21.4. The Balaban J connectivity index is 1.25. The lowest BCUT2D eigenvalue weighted by molar-refractivity contribution is -0.125. The van der Waals surface area contributed by atoms with Crippen molar-refractivity contribution in [3.8, 4) is 0 Å². The van der Waals surface area contributed by atoms with Crippen molar-refractivity contribution >= 4 is 23.0 Å². The average molecular weight is 342 g/mol. The minimum absolute atomic E-state index is 0.104. The average Bonchev–Trinajstić information content (AvgIpc) is 3.40. The molecule has 1 aliphatic carbocycles. The van der Waals surface area contributed by atoms with Crippen LogP contribution in [-0.4, -0.2) is 55.1 Å². The second kappa shape index (κ2) is 7.04. The van der Waals surface area contributed by atoms with Gasteiger partial charge in [-0.15, -0.1) is 0 Å². The van der Waals surface area contributed by atoms with Gasteiger partial charge in [0.15, 0.2) is 5.58 Å². The summed E-state index contributed by atoms with van der Waals surface area (Å²) in [5.74, 6) is 0.299. The van der Waals surface area contributed by atoms with E-state index in [-0.39, 0.29) is 11.8 Å². The van der Waals surface area contributed by atoms with Crippen LogP contribution in [0.3, 0.4) is 0 Å². The molecule has 0 bridgehead atoms. The number of nitrogens with one attached hydrogen (secondary N) is 1. The van der Waals surface area contributed by atoms with E-state index in [1.165, 1.54) is 12.8 Å². The third-order valence-corrected chi connectivity index (χ3v) is 5.35. The summed E-state index contributed by atoms with van der Waals surface area (Å²) in [5.41, 5.74) is 1.70. The van der Waals surface area contributed by atoms with Crippen LogP contribution in [0.4, 0.5) is 6.01 Å². The van der Waals surface area contributed by atoms with Gasteiger partial charge in [-0.2, -0.15) is 4.98 Å². The van der Waals surface area contributed by atoms with E-state index in [0.29, 0.717) is 6.01 Å². The van der Waals surface area contributed by atoms with Crippen LogP contribution in [0.15, 0.2) is 28.7 Å². The lowest BCUT2D eigenvalue weighted by atomic mass is 9.96. The van der Waals surface area contributed by atoms with Gasteiger partial charge in [-0.05, 0) is 44.9 Å². The van der Waals surface area contributed by atoms with Gasteiger partial charge in [-0.1, -0.05) is 12.1 Å². The molecule has 1 aliphatic heterocycles. The quantitative estimate of drug-likeness (QED) is 0.872. The van der Waals surface area contributed by atoms with Crippen molar-refractivity contribution < 1.29 is 9.21 Å². The summed E-state index contributed by atoms with van der Waals surface area (Å²) in [6.45, 7) is 3.31. The van der Waals surface area contributed by atoms with Crippen LogP contribution in [0.5, 0.6) is 0 Å². The van der Waals surface area contributed by atoms with Crippen LogP contribution in [0, 0.1) is 5.92 Å². The molecule has 25 heavy (non-hydrogen) atoms. The highest BCUT2D eigenvalue weighted by atomic mass is 16.4. The first-order chi connectivity index (χ1) is 12.2. The molecular weight excluding hydrogens is 316 g/mol. The number of hydrogen-bond donors (Lipinski definition) is 1. The second-order valence-electron chi connectivity index (χ2n) is 7.23. The third-order valence-electron chi connectivity index (χ3n) is 5.35. The number of likely N-dealkylation sites (N-methyl/N-ethyl adjacent to an activating group) is 1. The monoisotopic (exact) mass is 342 g/mol. The zero-order chi connectivity index (χ0) is 17.2. The first-order valence-electron chi connectivity index (χ1n) is 9.29. The summed E-state index contributed by atoms with van der Waals surface area (Å²) in [5, 5.41) is 3.10. The van der Waals surface area contributed by atoms with E-state index in [4.69, 9.17) is 4.42 Å². The molecule has 4 rings (SSSR count). The van der Waals surface area contributed by atoms with Crippen molar-refractivity contribution in [2.75, 3.05) is 38.1 Å². The molecule has 1 aromatic carbocycles. The van der Waals surface area contributed by atoms with E-state index >= 15 is 0 Å². The summed E-state index contributed by atoms with van der Waals surface area (Å²) >= 11 is 0. The first-order valence-corrected chi connectivity index (χ1v) is 9.29. The van der Waals surface area contributed by atoms with Crippen molar-refractivity contribution in [1.29, 1.82) is 0 Å². The lowest BCUT2D eigenvalue weighted by Crippen LogP contribution is -2.42. The summed E-state index contributed by atoms with van der Waals surface area (Å²) < 4.78 is 5.83. The van der Waals surface area contributed by atoms with Gasteiger partial charge in [-0.3, -0.25) is 4.79 Å². The van der Waals surface area contributed by atoms with Gasteiger partial charge in [-0.25, -0.2) is 0 Å². The number of carbonyl (C=O) groups excluding carboxylic acids is 1. The van der Waals surface area contributed by atoms with Crippen molar-refractivity contribution in [2.45, 2.75) is 31.7 Å². The normalized spacial score (nSPS) is 18.9. The Morgan fingerprint density at radius 1 is 1.28 bits per heavy atom. The van der Waals surface area contributed by atoms with E-state index in [1.807, 2.05) is 24.3 Å². The van der Waals surface area contributed by atoms with Crippen LogP contribution in [0.25, 0.3) is 11.1 Å². The van der Waals surface area contributed by atoms with Gasteiger partial charge in [0.2, 0.25) is 5.91 Å². The number of hydrogen-bond acceptors (Lipinski definition) is 5. The molecule has 2 fully saturated rings. The third kappa shape index (κ3) is 3.79. The molecule has 2 aromatic rings. The molecule has 2 heterocycles. The lowest BCUT2D eigenvalue weighted by Gasteiger charge is -2.30. The molecule has 134 valence electrons. The predicted octanol–water partition coefficient (Wildman–Crippen LogP) is 2.25. The molecule has 6 heteroatoms. The fourth-order valence-corrected chi connectivity index (χ4v) is 3.53. The summed E-state index contributed by atoms with van der Waals surface area (Å²) in [6.07, 6.45) is 4.31. The summed E-state index contributed by atoms with van der Waals surface area (Å²) in [7, 11) is 2.14. The Bertz CT molecular complexity index is 699. The van der Waals surface area contributed by atoms with Crippen molar-refractivity contribution in [3.63, 3.8) is 0 Å². The van der Waals surface area contributed by atoms with Gasteiger partial charge in [0, 0.05) is 38.1 Å². The second-order valence-corrected chi connectivity index (χ2v) is 7.23. The highest BCUT2D eigenvalue weighted by molar-refractivity contribution is 5.79. The number of benzene rings is 1. The van der Waals surface area contributed by atoms with Crippen molar-refractivity contribution in [3.05, 3.63) is 24.3 Å². The van der Waals surface area contributed by atoms with Crippen LogP contribution in [0.1, 0.15) is 25.7 Å². The number of oxazole rings is 1. The van der Waals surface area contributed by atoms with Gasteiger partial charge in [0.25, 0.3) is 6.01 Å². The number of anilines is 1. The Labute approximate surface area is 148 Å². The Hall–Kier alpha value is -2.08. The van der Waals surface area contributed by atoms with Crippen LogP contribution >= 0.6 is 0 Å². The predicted molar refractivity (Wildman–Crippen MR) is 97.6 cm³/mol. The van der Waals surface area contributed by atoms with Crippen LogP contribution < -0.4 is 10.2 Å².